The summed E-state index contributed by atoms with van der Waals surface area (Å²) in [5.41, 5.74) is 1.01. The minimum atomic E-state index is -0.712. The van der Waals surface area contributed by atoms with Crippen LogP contribution in [0.15, 0.2) is 11.4 Å². The summed E-state index contributed by atoms with van der Waals surface area (Å²) >= 11 is 1.69. The lowest BCUT2D eigenvalue weighted by Crippen LogP contribution is -2.44. The van der Waals surface area contributed by atoms with Gasteiger partial charge < -0.3 is 5.11 Å². The Kier molecular flexibility index (Phi) is 4.63. The largest absolute Gasteiger partial charge is 0.480 e. The van der Waals surface area contributed by atoms with Gasteiger partial charge in [-0.3, -0.25) is 9.69 Å². The number of aliphatic carboxylic acids is 1. The van der Waals surface area contributed by atoms with Gasteiger partial charge in [-0.25, -0.2) is 0 Å². The molecule has 2 unspecified atom stereocenters. The van der Waals surface area contributed by atoms with Crippen LogP contribution in [0.4, 0.5) is 0 Å². The minimum absolute atomic E-state index is 0.330. The molecule has 3 nitrogen and oxygen atoms in total. The summed E-state index contributed by atoms with van der Waals surface area (Å²) in [7, 11) is 0. The molecule has 1 N–H and O–H groups in total. The topological polar surface area (TPSA) is 40.5 Å². The van der Waals surface area contributed by atoms with Gasteiger partial charge >= 0.3 is 5.97 Å². The van der Waals surface area contributed by atoms with Crippen molar-refractivity contribution in [3.05, 3.63) is 21.9 Å². The molecule has 0 aliphatic carbocycles. The number of rotatable bonds is 5. The molecule has 0 saturated heterocycles. The lowest BCUT2D eigenvalue weighted by molar-refractivity contribution is -0.145. The maximum atomic E-state index is 11.6. The number of carbonyl (C=O) groups is 1. The highest BCUT2D eigenvalue weighted by molar-refractivity contribution is 7.10. The van der Waals surface area contributed by atoms with Gasteiger partial charge in [0.25, 0.3) is 0 Å². The Bertz CT molecular complexity index is 441. The summed E-state index contributed by atoms with van der Waals surface area (Å²) in [5, 5.41) is 11.6. The molecule has 2 heterocycles. The van der Waals surface area contributed by atoms with Crippen LogP contribution < -0.4 is 0 Å². The van der Waals surface area contributed by atoms with Crippen LogP contribution in [0, 0.1) is 5.92 Å². The number of thiophene rings is 1. The van der Waals surface area contributed by atoms with Crippen molar-refractivity contribution in [2.24, 2.45) is 5.92 Å². The molecular formula is C15H23NO2S. The Hall–Kier alpha value is -0.870. The number of fused-ring (bicyclic) bond motifs is 1. The van der Waals surface area contributed by atoms with E-state index in [2.05, 4.69) is 25.7 Å². The highest BCUT2D eigenvalue weighted by atomic mass is 32.1. The molecule has 2 atom stereocenters. The van der Waals surface area contributed by atoms with Crippen molar-refractivity contribution in [1.29, 1.82) is 0 Å². The van der Waals surface area contributed by atoms with E-state index in [1.54, 1.807) is 11.3 Å². The van der Waals surface area contributed by atoms with Gasteiger partial charge in [0, 0.05) is 17.5 Å². The second-order valence-corrected chi connectivity index (χ2v) is 6.85. The highest BCUT2D eigenvalue weighted by Crippen LogP contribution is 2.35. The Balaban J connectivity index is 2.14. The van der Waals surface area contributed by atoms with E-state index in [0.717, 1.165) is 31.4 Å². The van der Waals surface area contributed by atoms with Gasteiger partial charge in [-0.05, 0) is 49.1 Å². The smallest absolute Gasteiger partial charge is 0.325 e. The maximum Gasteiger partial charge on any atom is 0.325 e. The van der Waals surface area contributed by atoms with E-state index in [4.69, 9.17) is 0 Å². The SMILES string of the molecule is CC(C)CCC(C)N1CCc2sccc2C1C(=O)O. The van der Waals surface area contributed by atoms with E-state index in [1.165, 1.54) is 4.88 Å². The fourth-order valence-electron chi connectivity index (χ4n) is 2.83. The third kappa shape index (κ3) is 3.18. The van der Waals surface area contributed by atoms with Crippen molar-refractivity contribution < 1.29 is 9.90 Å². The molecule has 106 valence electrons. The predicted molar refractivity (Wildman–Crippen MR) is 78.6 cm³/mol. The first-order valence-electron chi connectivity index (χ1n) is 7.05. The zero-order valence-electron chi connectivity index (χ0n) is 11.9. The van der Waals surface area contributed by atoms with E-state index in [9.17, 15) is 9.90 Å². The second-order valence-electron chi connectivity index (χ2n) is 5.85. The second kappa shape index (κ2) is 6.06. The van der Waals surface area contributed by atoms with Crippen LogP contribution in [0.5, 0.6) is 0 Å². The number of nitrogens with zero attached hydrogens (tertiary/aromatic N) is 1. The number of carboxylic acids is 1. The van der Waals surface area contributed by atoms with Gasteiger partial charge in [-0.2, -0.15) is 0 Å². The van der Waals surface area contributed by atoms with E-state index in [-0.39, 0.29) is 0 Å². The molecule has 1 aromatic heterocycles. The molecule has 0 bridgehead atoms. The Labute approximate surface area is 119 Å². The molecule has 0 saturated carbocycles. The number of carboxylic acid groups (broad SMARTS) is 1. The Morgan fingerprint density at radius 2 is 2.21 bits per heavy atom. The molecular weight excluding hydrogens is 258 g/mol. The third-order valence-electron chi connectivity index (χ3n) is 3.97. The molecule has 2 rings (SSSR count). The lowest BCUT2D eigenvalue weighted by Gasteiger charge is -2.37. The number of hydrogen-bond acceptors (Lipinski definition) is 3. The van der Waals surface area contributed by atoms with E-state index >= 15 is 0 Å². The zero-order valence-corrected chi connectivity index (χ0v) is 12.7. The molecule has 1 aliphatic heterocycles. The van der Waals surface area contributed by atoms with E-state index in [0.29, 0.717) is 12.0 Å². The summed E-state index contributed by atoms with van der Waals surface area (Å²) in [5.74, 6) is -0.0389. The normalized spacial score (nSPS) is 21.4. The molecule has 1 aromatic rings. The Morgan fingerprint density at radius 3 is 2.84 bits per heavy atom. The molecule has 19 heavy (non-hydrogen) atoms. The van der Waals surface area contributed by atoms with Crippen LogP contribution in [-0.2, 0) is 11.2 Å². The van der Waals surface area contributed by atoms with Gasteiger partial charge in [-0.1, -0.05) is 13.8 Å². The average Bonchev–Trinajstić information content (AvgIpc) is 2.82. The van der Waals surface area contributed by atoms with Crippen LogP contribution in [0.1, 0.15) is 50.1 Å². The van der Waals surface area contributed by atoms with E-state index in [1.807, 2.05) is 11.4 Å². The summed E-state index contributed by atoms with van der Waals surface area (Å²) in [6.45, 7) is 7.46. The summed E-state index contributed by atoms with van der Waals surface area (Å²) in [6, 6.07) is 1.87. The van der Waals surface area contributed by atoms with Gasteiger partial charge in [-0.15, -0.1) is 11.3 Å². The van der Waals surface area contributed by atoms with Crippen LogP contribution in [0.2, 0.25) is 0 Å². The van der Waals surface area contributed by atoms with Gasteiger partial charge in [0.15, 0.2) is 0 Å². The zero-order chi connectivity index (χ0) is 14.0. The monoisotopic (exact) mass is 281 g/mol. The quantitative estimate of drug-likeness (QED) is 0.897. The molecule has 0 amide bonds. The van der Waals surface area contributed by atoms with Crippen LogP contribution in [-0.4, -0.2) is 28.6 Å². The fraction of sp³-hybridized carbons (Fsp3) is 0.667. The lowest BCUT2D eigenvalue weighted by atomic mass is 9.95. The van der Waals surface area contributed by atoms with Crippen molar-refractivity contribution in [3.8, 4) is 0 Å². The van der Waals surface area contributed by atoms with Crippen molar-refractivity contribution >= 4 is 17.3 Å². The summed E-state index contributed by atoms with van der Waals surface area (Å²) in [4.78, 5) is 15.0. The molecule has 0 aromatic carbocycles. The first-order valence-corrected chi connectivity index (χ1v) is 7.93. The summed E-state index contributed by atoms with van der Waals surface area (Å²) in [6.07, 6.45) is 3.21. The minimum Gasteiger partial charge on any atom is -0.480 e. The predicted octanol–water partition coefficient (Wildman–Crippen LogP) is 3.56. The molecule has 4 heteroatoms. The third-order valence-corrected chi connectivity index (χ3v) is 4.96. The average molecular weight is 281 g/mol. The van der Waals surface area contributed by atoms with E-state index < -0.39 is 12.0 Å². The Morgan fingerprint density at radius 1 is 1.47 bits per heavy atom. The fourth-order valence-corrected chi connectivity index (χ4v) is 3.73. The van der Waals surface area contributed by atoms with Crippen molar-refractivity contribution in [2.45, 2.75) is 52.1 Å². The molecule has 0 spiro atoms. The first kappa shape index (κ1) is 14.5. The van der Waals surface area contributed by atoms with Crippen LogP contribution in [0.25, 0.3) is 0 Å². The van der Waals surface area contributed by atoms with Gasteiger partial charge in [0.1, 0.15) is 6.04 Å². The molecule has 0 fully saturated rings. The van der Waals surface area contributed by atoms with Gasteiger partial charge in [0.05, 0.1) is 0 Å². The van der Waals surface area contributed by atoms with Crippen LogP contribution in [0.3, 0.4) is 0 Å². The van der Waals surface area contributed by atoms with Crippen molar-refractivity contribution in [1.82, 2.24) is 4.90 Å². The first-order chi connectivity index (χ1) is 9.00. The van der Waals surface area contributed by atoms with Crippen molar-refractivity contribution in [2.75, 3.05) is 6.54 Å². The standard InChI is InChI=1S/C15H23NO2S/c1-10(2)4-5-11(3)16-8-6-13-12(7-9-19-13)14(16)15(17)18/h7,9-11,14H,4-6,8H2,1-3H3,(H,17,18). The van der Waals surface area contributed by atoms with Gasteiger partial charge in [0.2, 0.25) is 0 Å². The highest BCUT2D eigenvalue weighted by Gasteiger charge is 2.35. The summed E-state index contributed by atoms with van der Waals surface area (Å²) < 4.78 is 0. The van der Waals surface area contributed by atoms with Crippen LogP contribution >= 0.6 is 11.3 Å². The maximum absolute atomic E-state index is 11.6. The van der Waals surface area contributed by atoms with Crippen molar-refractivity contribution in [3.63, 3.8) is 0 Å². The molecule has 1 aliphatic rings. The number of hydrogen-bond donors (Lipinski definition) is 1. The molecule has 0 radical (unpaired) electrons.